The quantitative estimate of drug-likeness (QED) is 0.275. The lowest BCUT2D eigenvalue weighted by Crippen LogP contribution is -2.14. The Balaban J connectivity index is 1.39. The highest BCUT2D eigenvalue weighted by molar-refractivity contribution is 5.26. The van der Waals surface area contributed by atoms with Gasteiger partial charge < -0.3 is 0 Å². The van der Waals surface area contributed by atoms with E-state index in [0.29, 0.717) is 11.8 Å². The summed E-state index contributed by atoms with van der Waals surface area (Å²) >= 11 is 0. The Kier molecular flexibility index (Phi) is 8.29. The van der Waals surface area contributed by atoms with E-state index in [1.165, 1.54) is 61.8 Å². The zero-order chi connectivity index (χ0) is 20.5. The maximum Gasteiger partial charge on any atom is 0.199 e. The van der Waals surface area contributed by atoms with Crippen molar-refractivity contribution in [1.82, 2.24) is 0 Å². The zero-order valence-electron chi connectivity index (χ0n) is 17.7. The minimum absolute atomic E-state index is 0.525. The molecule has 1 aromatic carbocycles. The van der Waals surface area contributed by atoms with Gasteiger partial charge in [-0.05, 0) is 98.7 Å². The smallest absolute Gasteiger partial charge is 0.195 e. The van der Waals surface area contributed by atoms with E-state index in [-0.39, 0.29) is 0 Å². The first-order chi connectivity index (χ1) is 14.2. The van der Waals surface area contributed by atoms with Gasteiger partial charge in [-0.15, -0.1) is 0 Å². The molecule has 2 fully saturated rings. The van der Waals surface area contributed by atoms with Crippen molar-refractivity contribution < 1.29 is 4.39 Å². The number of aryl methyl sites for hydroxylation is 1. The van der Waals surface area contributed by atoms with E-state index in [2.05, 4.69) is 49.4 Å². The average Bonchev–Trinajstić information content (AvgIpc) is 2.79. The van der Waals surface area contributed by atoms with Crippen LogP contribution in [-0.4, -0.2) is 0 Å². The Morgan fingerprint density at radius 1 is 0.897 bits per heavy atom. The Morgan fingerprint density at radius 2 is 1.41 bits per heavy atom. The van der Waals surface area contributed by atoms with Crippen LogP contribution in [0.15, 0.2) is 60.5 Å². The van der Waals surface area contributed by atoms with E-state index in [0.717, 1.165) is 31.1 Å². The molecule has 2 heteroatoms. The third-order valence-electron chi connectivity index (χ3n) is 6.84. The Morgan fingerprint density at radius 3 is 1.93 bits per heavy atom. The molecule has 1 aromatic rings. The van der Waals surface area contributed by atoms with Crippen LogP contribution in [0.3, 0.4) is 0 Å². The highest BCUT2D eigenvalue weighted by atomic mass is 19.1. The van der Waals surface area contributed by atoms with Gasteiger partial charge in [0.25, 0.3) is 0 Å². The summed E-state index contributed by atoms with van der Waals surface area (Å²) in [6.07, 6.45) is 21.1. The minimum Gasteiger partial charge on any atom is -0.195 e. The monoisotopic (exact) mass is 391 g/mol. The van der Waals surface area contributed by atoms with Gasteiger partial charge in [0.1, 0.15) is 6.07 Å². The summed E-state index contributed by atoms with van der Waals surface area (Å²) in [5, 5.41) is 8.43. The maximum absolute atomic E-state index is 12.8. The van der Waals surface area contributed by atoms with Crippen molar-refractivity contribution >= 4 is 0 Å². The highest BCUT2D eigenvalue weighted by Gasteiger charge is 2.22. The molecule has 29 heavy (non-hydrogen) atoms. The predicted octanol–water partition coefficient (Wildman–Crippen LogP) is 7.82. The van der Waals surface area contributed by atoms with Gasteiger partial charge in [-0.3, -0.25) is 0 Å². The van der Waals surface area contributed by atoms with Crippen LogP contribution >= 0.6 is 0 Å². The van der Waals surface area contributed by atoms with E-state index < -0.39 is 5.83 Å². The van der Waals surface area contributed by atoms with Gasteiger partial charge in [-0.2, -0.15) is 9.65 Å². The summed E-state index contributed by atoms with van der Waals surface area (Å²) in [5.41, 5.74) is 2.96. The van der Waals surface area contributed by atoms with Crippen LogP contribution in [0.2, 0.25) is 0 Å². The highest BCUT2D eigenvalue weighted by Crippen LogP contribution is 2.37. The molecule has 2 aliphatic carbocycles. The lowest BCUT2D eigenvalue weighted by molar-refractivity contribution is 0.348. The summed E-state index contributed by atoms with van der Waals surface area (Å²) in [6, 6.07) is 10.8. The largest absolute Gasteiger partial charge is 0.199 e. The maximum atomic E-state index is 12.8. The van der Waals surface area contributed by atoms with Gasteiger partial charge in [0.15, 0.2) is 5.83 Å². The molecule has 0 atom stereocenters. The number of allylic oxidation sites excluding steroid dienone is 6. The van der Waals surface area contributed by atoms with Crippen molar-refractivity contribution in [2.45, 2.75) is 70.6 Å². The van der Waals surface area contributed by atoms with E-state index in [1.807, 2.05) is 0 Å². The van der Waals surface area contributed by atoms with Crippen LogP contribution in [0.25, 0.3) is 0 Å². The number of rotatable bonds is 6. The van der Waals surface area contributed by atoms with Crippen molar-refractivity contribution in [2.75, 3.05) is 0 Å². The Bertz CT molecular complexity index is 749. The van der Waals surface area contributed by atoms with E-state index in [1.54, 1.807) is 6.08 Å². The first-order valence-corrected chi connectivity index (χ1v) is 11.4. The van der Waals surface area contributed by atoms with Gasteiger partial charge in [-0.25, -0.2) is 0 Å². The first kappa shape index (κ1) is 21.6. The van der Waals surface area contributed by atoms with Gasteiger partial charge in [0, 0.05) is 0 Å². The molecule has 2 saturated carbocycles. The minimum atomic E-state index is -0.717. The van der Waals surface area contributed by atoms with E-state index >= 15 is 0 Å². The van der Waals surface area contributed by atoms with Gasteiger partial charge in [-0.1, -0.05) is 55.5 Å². The molecular formula is C27H34FN. The summed E-state index contributed by atoms with van der Waals surface area (Å²) in [6.45, 7) is 2.21. The van der Waals surface area contributed by atoms with Crippen LogP contribution in [0.1, 0.15) is 75.3 Å². The van der Waals surface area contributed by atoms with Crippen molar-refractivity contribution in [2.24, 2.45) is 17.8 Å². The Labute approximate surface area is 176 Å². The summed E-state index contributed by atoms with van der Waals surface area (Å²) in [7, 11) is 0. The molecule has 0 aromatic heterocycles. The van der Waals surface area contributed by atoms with Crippen molar-refractivity contribution in [3.05, 3.63) is 71.6 Å². The van der Waals surface area contributed by atoms with Gasteiger partial charge in [0.05, 0.1) is 0 Å². The van der Waals surface area contributed by atoms with Crippen molar-refractivity contribution in [3.63, 3.8) is 0 Å². The van der Waals surface area contributed by atoms with Crippen LogP contribution in [-0.2, 0) is 6.42 Å². The molecule has 0 aliphatic heterocycles. The number of hydrogen-bond donors (Lipinski definition) is 0. The molecule has 1 nitrogen and oxygen atoms in total. The topological polar surface area (TPSA) is 23.8 Å². The SMILES string of the molecule is CCc1ccc([C@H]2CC[C@H](/C=C/[C@H]3CC[C@H](C=CC=C(F)C#N)CC3)CC2)cc1. The Hall–Kier alpha value is -2.14. The molecule has 0 spiro atoms. The second kappa shape index (κ2) is 11.1. The number of hydrogen-bond acceptors (Lipinski definition) is 1. The van der Waals surface area contributed by atoms with E-state index in [9.17, 15) is 4.39 Å². The number of benzene rings is 1. The van der Waals surface area contributed by atoms with Crippen molar-refractivity contribution in [1.29, 1.82) is 5.26 Å². The molecular weight excluding hydrogens is 357 g/mol. The average molecular weight is 392 g/mol. The first-order valence-electron chi connectivity index (χ1n) is 11.4. The van der Waals surface area contributed by atoms with Crippen LogP contribution in [0.5, 0.6) is 0 Å². The molecule has 0 unspecified atom stereocenters. The molecule has 0 N–H and O–H groups in total. The number of nitriles is 1. The summed E-state index contributed by atoms with van der Waals surface area (Å²) < 4.78 is 12.8. The molecule has 3 rings (SSSR count). The normalized spacial score (nSPS) is 28.7. The number of halogens is 1. The lowest BCUT2D eigenvalue weighted by atomic mass is 9.77. The molecule has 0 saturated heterocycles. The standard InChI is InChI=1S/C27H34FN/c1-2-21-12-16-25(17-13-21)26-18-14-24(15-19-26)11-10-23-8-6-22(7-9-23)4-3-5-27(28)20-29/h3-5,10-13,16-17,22-24,26H,2,6-9,14-15,18-19H2,1H3/b4-3?,11-10+,27-5?/t22-,23-,24-,26-. The van der Waals surface area contributed by atoms with Crippen molar-refractivity contribution in [3.8, 4) is 6.07 Å². The molecule has 0 radical (unpaired) electrons. The van der Waals surface area contributed by atoms with Gasteiger partial charge >= 0.3 is 0 Å². The van der Waals surface area contributed by atoms with Crippen LogP contribution in [0.4, 0.5) is 4.39 Å². The lowest BCUT2D eigenvalue weighted by Gasteiger charge is -2.28. The fourth-order valence-corrected chi connectivity index (χ4v) is 4.85. The fraction of sp³-hybridized carbons (Fsp3) is 0.519. The second-order valence-electron chi connectivity index (χ2n) is 8.78. The summed E-state index contributed by atoms with van der Waals surface area (Å²) in [4.78, 5) is 0. The van der Waals surface area contributed by atoms with E-state index in [4.69, 9.17) is 5.26 Å². The second-order valence-corrected chi connectivity index (χ2v) is 8.78. The molecule has 154 valence electrons. The van der Waals surface area contributed by atoms with Crippen LogP contribution in [0, 0.1) is 29.1 Å². The fourth-order valence-electron chi connectivity index (χ4n) is 4.85. The van der Waals surface area contributed by atoms with Crippen LogP contribution < -0.4 is 0 Å². The third-order valence-corrected chi connectivity index (χ3v) is 6.84. The molecule has 2 aliphatic rings. The van der Waals surface area contributed by atoms with Gasteiger partial charge in [0.2, 0.25) is 0 Å². The molecule has 0 amide bonds. The predicted molar refractivity (Wildman–Crippen MR) is 119 cm³/mol. The molecule has 0 heterocycles. The third kappa shape index (κ3) is 6.70. The summed E-state index contributed by atoms with van der Waals surface area (Å²) in [5.74, 6) is 2.00. The molecule has 0 bridgehead atoms. The number of nitrogens with zero attached hydrogens (tertiary/aromatic N) is 1. The zero-order valence-corrected chi connectivity index (χ0v) is 17.7.